The third-order valence-corrected chi connectivity index (χ3v) is 8.55. The molecule has 2 atom stereocenters. The molecule has 1 N–H and O–H groups in total. The van der Waals surface area contributed by atoms with Crippen molar-refractivity contribution in [2.24, 2.45) is 4.36 Å². The van der Waals surface area contributed by atoms with Gasteiger partial charge in [0.2, 0.25) is 0 Å². The second kappa shape index (κ2) is 10.9. The van der Waals surface area contributed by atoms with E-state index in [0.29, 0.717) is 40.4 Å². The molecule has 4 rings (SSSR count). The molecule has 0 aliphatic carbocycles. The Labute approximate surface area is 222 Å². The smallest absolute Gasteiger partial charge is 0.416 e. The number of hydrogen-bond acceptors (Lipinski definition) is 8. The van der Waals surface area contributed by atoms with Crippen LogP contribution in [0.25, 0.3) is 5.82 Å². The number of pyridine rings is 1. The molecule has 2 aromatic heterocycles. The minimum Gasteiger partial charge on any atom is -0.489 e. The summed E-state index contributed by atoms with van der Waals surface area (Å²) in [6.45, 7) is 5.10. The van der Waals surface area contributed by atoms with Crippen molar-refractivity contribution in [2.45, 2.75) is 39.1 Å². The summed E-state index contributed by atoms with van der Waals surface area (Å²) in [5.41, 5.74) is -0.696. The second-order valence-electron chi connectivity index (χ2n) is 8.86. The number of benzene rings is 1. The fourth-order valence-electron chi connectivity index (χ4n) is 3.51. The first-order valence-electron chi connectivity index (χ1n) is 11.7. The van der Waals surface area contributed by atoms with Gasteiger partial charge in [-0.15, -0.1) is 5.10 Å². The number of aromatic nitrogens is 4. The molecule has 0 spiro atoms. The zero-order valence-corrected chi connectivity index (χ0v) is 22.8. The number of carbonyl (C=O) groups excluding carboxylic acids is 1. The van der Waals surface area contributed by atoms with E-state index in [1.54, 1.807) is 50.9 Å². The first-order valence-corrected chi connectivity index (χ1v) is 15.0. The zero-order valence-electron chi connectivity index (χ0n) is 21.2. The molecule has 0 bridgehead atoms. The van der Waals surface area contributed by atoms with E-state index in [1.165, 1.54) is 16.9 Å². The van der Waals surface area contributed by atoms with Gasteiger partial charge in [0.25, 0.3) is 5.91 Å². The molecule has 1 aliphatic rings. The highest BCUT2D eigenvalue weighted by atomic mass is 32.2. The Morgan fingerprint density at radius 2 is 2.05 bits per heavy atom. The standard InChI is InChI=1S/C24H27F3N6O3S2/c1-5-38(4,35)32-18-6-7-21(28-11-18)33-22(30-15(3)31-33)14(2)29-23(34)16-8-17(24(25,26)27)10-19(9-16)36-20-12-37-13-20/h6-11,14,20H,5,12-13H2,1-4H3,(H,29,34)/t14-,38?/m0/s1. The first-order chi connectivity index (χ1) is 17.8. The number of aryl methyl sites for hydroxylation is 1. The number of nitrogens with zero attached hydrogens (tertiary/aromatic N) is 5. The molecule has 1 aliphatic heterocycles. The predicted molar refractivity (Wildman–Crippen MR) is 140 cm³/mol. The minimum atomic E-state index is -4.64. The van der Waals surface area contributed by atoms with Crippen molar-refractivity contribution in [1.82, 2.24) is 25.1 Å². The van der Waals surface area contributed by atoms with Crippen molar-refractivity contribution >= 4 is 33.1 Å². The highest BCUT2D eigenvalue weighted by Gasteiger charge is 2.33. The van der Waals surface area contributed by atoms with Gasteiger partial charge in [-0.2, -0.15) is 34.0 Å². The van der Waals surface area contributed by atoms with E-state index in [2.05, 4.69) is 24.7 Å². The molecular formula is C24H27F3N6O3S2. The number of amides is 1. The lowest BCUT2D eigenvalue weighted by atomic mass is 10.1. The summed E-state index contributed by atoms with van der Waals surface area (Å²) in [4.78, 5) is 21.8. The Morgan fingerprint density at radius 1 is 1.32 bits per heavy atom. The lowest BCUT2D eigenvalue weighted by Crippen LogP contribution is -2.32. The number of alkyl halides is 3. The monoisotopic (exact) mass is 568 g/mol. The van der Waals surface area contributed by atoms with Crippen molar-refractivity contribution in [2.75, 3.05) is 23.5 Å². The van der Waals surface area contributed by atoms with Gasteiger partial charge >= 0.3 is 6.18 Å². The van der Waals surface area contributed by atoms with Gasteiger partial charge in [0, 0.05) is 38.8 Å². The normalized spacial score (nSPS) is 16.3. The third kappa shape index (κ3) is 6.65. The van der Waals surface area contributed by atoms with Crippen LogP contribution >= 0.6 is 11.8 Å². The molecule has 204 valence electrons. The number of halogens is 3. The van der Waals surface area contributed by atoms with E-state index in [1.807, 2.05) is 0 Å². The average Bonchev–Trinajstić information content (AvgIpc) is 3.22. The third-order valence-electron chi connectivity index (χ3n) is 5.66. The van der Waals surface area contributed by atoms with Gasteiger partial charge in [-0.25, -0.2) is 14.2 Å². The van der Waals surface area contributed by atoms with Crippen LogP contribution in [0.4, 0.5) is 18.9 Å². The van der Waals surface area contributed by atoms with Crippen LogP contribution in [0.5, 0.6) is 5.75 Å². The Morgan fingerprint density at radius 3 is 2.63 bits per heavy atom. The number of rotatable bonds is 8. The van der Waals surface area contributed by atoms with E-state index in [9.17, 15) is 22.2 Å². The first kappa shape index (κ1) is 27.9. The summed E-state index contributed by atoms with van der Waals surface area (Å²) in [6.07, 6.45) is -1.80. The average molecular weight is 569 g/mol. The molecule has 1 aromatic carbocycles. The highest BCUT2D eigenvalue weighted by Crippen LogP contribution is 2.34. The molecular weight excluding hydrogens is 541 g/mol. The minimum absolute atomic E-state index is 0.00395. The second-order valence-corrected chi connectivity index (χ2v) is 12.6. The van der Waals surface area contributed by atoms with Crippen molar-refractivity contribution < 1.29 is 26.9 Å². The Bertz CT molecular complexity index is 1450. The molecule has 0 radical (unpaired) electrons. The molecule has 3 aromatic rings. The van der Waals surface area contributed by atoms with Crippen LogP contribution in [0.1, 0.15) is 47.5 Å². The summed E-state index contributed by atoms with van der Waals surface area (Å²) in [7, 11) is -2.36. The number of nitrogens with one attached hydrogen (secondary N) is 1. The summed E-state index contributed by atoms with van der Waals surface area (Å²) < 4.78 is 64.1. The van der Waals surface area contributed by atoms with Crippen LogP contribution in [0.2, 0.25) is 0 Å². The molecule has 14 heteroatoms. The van der Waals surface area contributed by atoms with E-state index < -0.39 is 33.4 Å². The molecule has 3 heterocycles. The van der Waals surface area contributed by atoms with Crippen molar-refractivity contribution in [1.29, 1.82) is 0 Å². The Kier molecular flexibility index (Phi) is 8.02. The van der Waals surface area contributed by atoms with Crippen LogP contribution in [-0.2, 0) is 15.9 Å². The summed E-state index contributed by atoms with van der Waals surface area (Å²) in [5.74, 6) is 2.17. The molecule has 38 heavy (non-hydrogen) atoms. The molecule has 1 amide bonds. The maximum atomic E-state index is 13.5. The fraction of sp³-hybridized carbons (Fsp3) is 0.417. The number of thioether (sulfide) groups is 1. The van der Waals surface area contributed by atoms with E-state index >= 15 is 0 Å². The molecule has 9 nitrogen and oxygen atoms in total. The van der Waals surface area contributed by atoms with E-state index in [4.69, 9.17) is 4.74 Å². The lowest BCUT2D eigenvalue weighted by Gasteiger charge is -2.26. The SMILES string of the molecule is CCS(C)(=O)=Nc1ccc(-n2nc(C)nc2[C@H](C)NC(=O)c2cc(OC3CSC3)cc(C(F)(F)F)c2)nc1. The van der Waals surface area contributed by atoms with Crippen molar-refractivity contribution in [3.8, 4) is 11.6 Å². The fourth-order valence-corrected chi connectivity index (χ4v) is 4.75. The van der Waals surface area contributed by atoms with Gasteiger partial charge in [-0.1, -0.05) is 6.92 Å². The van der Waals surface area contributed by atoms with Gasteiger partial charge in [-0.3, -0.25) is 4.79 Å². The van der Waals surface area contributed by atoms with Crippen LogP contribution in [0.15, 0.2) is 40.9 Å². The lowest BCUT2D eigenvalue weighted by molar-refractivity contribution is -0.137. The van der Waals surface area contributed by atoms with E-state index in [0.717, 1.165) is 12.1 Å². The Hall–Kier alpha value is -3.13. The van der Waals surface area contributed by atoms with Crippen LogP contribution in [-0.4, -0.2) is 59.5 Å². The van der Waals surface area contributed by atoms with E-state index in [-0.39, 0.29) is 17.4 Å². The number of ether oxygens (including phenoxy) is 1. The van der Waals surface area contributed by atoms with Crippen LogP contribution < -0.4 is 10.1 Å². The topological polar surface area (TPSA) is 111 Å². The Balaban J connectivity index is 1.58. The van der Waals surface area contributed by atoms with Crippen molar-refractivity contribution in [3.05, 3.63) is 59.3 Å². The summed E-state index contributed by atoms with van der Waals surface area (Å²) >= 11 is 1.63. The quantitative estimate of drug-likeness (QED) is 0.418. The number of carbonyl (C=O) groups is 1. The van der Waals surface area contributed by atoms with Gasteiger partial charge in [0.15, 0.2) is 11.6 Å². The molecule has 1 saturated heterocycles. The summed E-state index contributed by atoms with van der Waals surface area (Å²) in [5, 5.41) is 7.04. The highest BCUT2D eigenvalue weighted by molar-refractivity contribution is 8.00. The number of hydrogen-bond donors (Lipinski definition) is 1. The van der Waals surface area contributed by atoms with Crippen LogP contribution in [0, 0.1) is 6.92 Å². The molecule has 1 unspecified atom stereocenters. The molecule has 1 fully saturated rings. The zero-order chi connectivity index (χ0) is 27.7. The van der Waals surface area contributed by atoms with Gasteiger partial charge in [-0.05, 0) is 44.2 Å². The van der Waals surface area contributed by atoms with Crippen LogP contribution in [0.3, 0.4) is 0 Å². The van der Waals surface area contributed by atoms with Gasteiger partial charge in [0.05, 0.1) is 23.5 Å². The van der Waals surface area contributed by atoms with Crippen molar-refractivity contribution in [3.63, 3.8) is 0 Å². The predicted octanol–water partition coefficient (Wildman–Crippen LogP) is 4.72. The van der Waals surface area contributed by atoms with Gasteiger partial charge < -0.3 is 10.1 Å². The maximum Gasteiger partial charge on any atom is 0.416 e. The van der Waals surface area contributed by atoms with Gasteiger partial charge in [0.1, 0.15) is 17.7 Å². The largest absolute Gasteiger partial charge is 0.489 e. The summed E-state index contributed by atoms with van der Waals surface area (Å²) in [6, 6.07) is 5.56. The maximum absolute atomic E-state index is 13.5. The molecule has 0 saturated carbocycles.